The maximum absolute atomic E-state index is 9.69. The molecule has 3 nitrogen and oxygen atoms in total. The minimum Gasteiger partial charge on any atom is -0.504 e. The summed E-state index contributed by atoms with van der Waals surface area (Å²) in [5, 5.41) is 14.4. The van der Waals surface area contributed by atoms with Gasteiger partial charge >= 0.3 is 0 Å². The Kier molecular flexibility index (Phi) is 4.61. The molecule has 4 aromatic rings. The molecule has 0 spiro atoms. The molecule has 1 N–H and O–H groups in total. The van der Waals surface area contributed by atoms with Crippen LogP contribution in [0.1, 0.15) is 6.42 Å². The third-order valence-corrected chi connectivity index (χ3v) is 4.38. The van der Waals surface area contributed by atoms with Crippen LogP contribution in [0.4, 0.5) is 0 Å². The summed E-state index contributed by atoms with van der Waals surface area (Å²) < 4.78 is 11.6. The average molecular weight is 344 g/mol. The zero-order chi connectivity index (χ0) is 17.8. The highest BCUT2D eigenvalue weighted by Crippen LogP contribution is 2.30. The fourth-order valence-electron chi connectivity index (χ4n) is 3.07. The lowest BCUT2D eigenvalue weighted by molar-refractivity contribution is 0.243. The van der Waals surface area contributed by atoms with Gasteiger partial charge in [-0.15, -0.1) is 0 Å². The van der Waals surface area contributed by atoms with E-state index in [0.717, 1.165) is 17.6 Å². The number of para-hydroxylation sites is 2. The number of hydrogen-bond donors (Lipinski definition) is 1. The third-order valence-electron chi connectivity index (χ3n) is 4.38. The lowest BCUT2D eigenvalue weighted by Crippen LogP contribution is -2.05. The number of benzene rings is 4. The van der Waals surface area contributed by atoms with Crippen molar-refractivity contribution in [2.75, 3.05) is 13.2 Å². The van der Waals surface area contributed by atoms with Gasteiger partial charge in [0.25, 0.3) is 0 Å². The molecule has 4 aromatic carbocycles. The Morgan fingerprint density at radius 2 is 1.23 bits per heavy atom. The van der Waals surface area contributed by atoms with Crippen molar-refractivity contribution in [3.05, 3.63) is 78.9 Å². The van der Waals surface area contributed by atoms with Crippen LogP contribution in [0.2, 0.25) is 0 Å². The molecule has 130 valence electrons. The van der Waals surface area contributed by atoms with Gasteiger partial charge in [-0.25, -0.2) is 0 Å². The second-order valence-electron chi connectivity index (χ2n) is 6.19. The van der Waals surface area contributed by atoms with E-state index in [4.69, 9.17) is 9.47 Å². The summed E-state index contributed by atoms with van der Waals surface area (Å²) in [6, 6.07) is 25.8. The maximum atomic E-state index is 9.69. The van der Waals surface area contributed by atoms with Crippen molar-refractivity contribution in [2.45, 2.75) is 6.42 Å². The van der Waals surface area contributed by atoms with Crippen molar-refractivity contribution in [3.63, 3.8) is 0 Å². The molecule has 0 bridgehead atoms. The number of phenolic OH excluding ortho intramolecular Hbond substituents is 1. The summed E-state index contributed by atoms with van der Waals surface area (Å²) in [6.07, 6.45) is 0.734. The lowest BCUT2D eigenvalue weighted by Gasteiger charge is -2.11. The van der Waals surface area contributed by atoms with Crippen LogP contribution in [0, 0.1) is 0 Å². The normalized spacial score (nSPS) is 10.9. The van der Waals surface area contributed by atoms with Crippen molar-refractivity contribution >= 4 is 21.5 Å². The smallest absolute Gasteiger partial charge is 0.160 e. The molecule has 0 atom stereocenters. The molecule has 0 unspecified atom stereocenters. The molecule has 0 amide bonds. The number of fused-ring (bicyclic) bond motifs is 2. The van der Waals surface area contributed by atoms with Gasteiger partial charge in [-0.1, -0.05) is 48.5 Å². The van der Waals surface area contributed by atoms with Crippen molar-refractivity contribution in [1.29, 1.82) is 0 Å². The summed E-state index contributed by atoms with van der Waals surface area (Å²) in [5.41, 5.74) is 0. The van der Waals surface area contributed by atoms with Crippen molar-refractivity contribution in [3.8, 4) is 17.2 Å². The SMILES string of the molecule is Oc1ccccc1OCCCOc1cccc2cc3ccccc3cc12. The maximum Gasteiger partial charge on any atom is 0.160 e. The van der Waals surface area contributed by atoms with E-state index in [1.165, 1.54) is 16.2 Å². The van der Waals surface area contributed by atoms with Gasteiger partial charge in [0.1, 0.15) is 5.75 Å². The van der Waals surface area contributed by atoms with Crippen LogP contribution < -0.4 is 9.47 Å². The summed E-state index contributed by atoms with van der Waals surface area (Å²) in [6.45, 7) is 1.05. The van der Waals surface area contributed by atoms with Crippen LogP contribution in [-0.2, 0) is 0 Å². The molecule has 0 radical (unpaired) electrons. The Bertz CT molecular complexity index is 1040. The predicted molar refractivity (Wildman–Crippen MR) is 105 cm³/mol. The van der Waals surface area contributed by atoms with Crippen LogP contribution in [0.5, 0.6) is 17.2 Å². The molecule has 4 rings (SSSR count). The highest BCUT2D eigenvalue weighted by molar-refractivity contribution is 6.00. The highest BCUT2D eigenvalue weighted by Gasteiger charge is 2.05. The first kappa shape index (κ1) is 16.3. The van der Waals surface area contributed by atoms with E-state index >= 15 is 0 Å². The molecular weight excluding hydrogens is 324 g/mol. The van der Waals surface area contributed by atoms with E-state index in [1.807, 2.05) is 24.3 Å². The molecule has 0 aliphatic heterocycles. The van der Waals surface area contributed by atoms with Crippen LogP contribution in [0.25, 0.3) is 21.5 Å². The average Bonchev–Trinajstić information content (AvgIpc) is 2.67. The Morgan fingerprint density at radius 1 is 0.615 bits per heavy atom. The monoisotopic (exact) mass is 344 g/mol. The van der Waals surface area contributed by atoms with Gasteiger partial charge in [0.2, 0.25) is 0 Å². The zero-order valence-corrected chi connectivity index (χ0v) is 14.4. The molecule has 3 heteroatoms. The topological polar surface area (TPSA) is 38.7 Å². The first-order valence-electron chi connectivity index (χ1n) is 8.76. The van der Waals surface area contributed by atoms with E-state index in [0.29, 0.717) is 19.0 Å². The Morgan fingerprint density at radius 3 is 2.04 bits per heavy atom. The largest absolute Gasteiger partial charge is 0.504 e. The molecule has 0 heterocycles. The molecular formula is C23H20O3. The molecule has 0 aliphatic rings. The van der Waals surface area contributed by atoms with Crippen molar-refractivity contribution in [1.82, 2.24) is 0 Å². The number of hydrogen-bond acceptors (Lipinski definition) is 3. The van der Waals surface area contributed by atoms with E-state index in [9.17, 15) is 5.11 Å². The second-order valence-corrected chi connectivity index (χ2v) is 6.19. The van der Waals surface area contributed by atoms with Crippen LogP contribution in [0.3, 0.4) is 0 Å². The first-order chi connectivity index (χ1) is 12.8. The quantitative estimate of drug-likeness (QED) is 0.368. The van der Waals surface area contributed by atoms with Crippen LogP contribution >= 0.6 is 0 Å². The van der Waals surface area contributed by atoms with Crippen molar-refractivity contribution in [2.24, 2.45) is 0 Å². The van der Waals surface area contributed by atoms with E-state index in [1.54, 1.807) is 18.2 Å². The van der Waals surface area contributed by atoms with Gasteiger partial charge in [-0.3, -0.25) is 0 Å². The van der Waals surface area contributed by atoms with E-state index < -0.39 is 0 Å². The number of aromatic hydroxyl groups is 1. The fraction of sp³-hybridized carbons (Fsp3) is 0.130. The first-order valence-corrected chi connectivity index (χ1v) is 8.76. The minimum absolute atomic E-state index is 0.161. The molecule has 0 aromatic heterocycles. The predicted octanol–water partition coefficient (Wildman–Crippen LogP) is 5.55. The molecule has 0 saturated carbocycles. The van der Waals surface area contributed by atoms with Crippen LogP contribution in [0.15, 0.2) is 78.9 Å². The van der Waals surface area contributed by atoms with Gasteiger partial charge in [-0.2, -0.15) is 0 Å². The third kappa shape index (κ3) is 3.42. The second kappa shape index (κ2) is 7.36. The van der Waals surface area contributed by atoms with Crippen LogP contribution in [-0.4, -0.2) is 18.3 Å². The van der Waals surface area contributed by atoms with Crippen molar-refractivity contribution < 1.29 is 14.6 Å². The molecule has 0 aliphatic carbocycles. The summed E-state index contributed by atoms with van der Waals surface area (Å²) in [7, 11) is 0. The Labute approximate surface area is 152 Å². The van der Waals surface area contributed by atoms with Gasteiger partial charge < -0.3 is 14.6 Å². The summed E-state index contributed by atoms with van der Waals surface area (Å²) in [4.78, 5) is 0. The zero-order valence-electron chi connectivity index (χ0n) is 14.4. The molecule has 26 heavy (non-hydrogen) atoms. The lowest BCUT2D eigenvalue weighted by atomic mass is 10.0. The number of phenols is 1. The minimum atomic E-state index is 0.161. The van der Waals surface area contributed by atoms with Gasteiger partial charge in [0.05, 0.1) is 13.2 Å². The van der Waals surface area contributed by atoms with Gasteiger partial charge in [0.15, 0.2) is 11.5 Å². The summed E-state index contributed by atoms with van der Waals surface area (Å²) >= 11 is 0. The van der Waals surface area contributed by atoms with Gasteiger partial charge in [-0.05, 0) is 46.5 Å². The number of ether oxygens (including phenoxy) is 2. The fourth-order valence-corrected chi connectivity index (χ4v) is 3.07. The highest BCUT2D eigenvalue weighted by atomic mass is 16.5. The standard InChI is InChI=1S/C23H20O3/c24-21-10-3-4-11-23(21)26-14-6-13-25-22-12-5-9-19-15-17-7-1-2-8-18(17)16-20(19)22/h1-5,7-12,15-16,24H,6,13-14H2. The number of rotatable bonds is 6. The molecule has 0 fully saturated rings. The summed E-state index contributed by atoms with van der Waals surface area (Å²) in [5.74, 6) is 1.55. The van der Waals surface area contributed by atoms with E-state index in [2.05, 4.69) is 36.4 Å². The molecule has 0 saturated heterocycles. The van der Waals surface area contributed by atoms with Gasteiger partial charge in [0, 0.05) is 11.8 Å². The Hall–Kier alpha value is -3.20. The van der Waals surface area contributed by atoms with E-state index in [-0.39, 0.29) is 5.75 Å². The Balaban J connectivity index is 1.42.